The van der Waals surface area contributed by atoms with Gasteiger partial charge in [-0.15, -0.1) is 0 Å². The van der Waals surface area contributed by atoms with Crippen molar-refractivity contribution >= 4 is 25.4 Å². The SMILES string of the molecule is COCC#Cc1ccc(S(=O)(=O)Cl)cc1[N+](=O)[O-]. The van der Waals surface area contributed by atoms with E-state index >= 15 is 0 Å². The molecule has 18 heavy (non-hydrogen) atoms. The Kier molecular flexibility index (Phi) is 4.67. The second-order valence-electron chi connectivity index (χ2n) is 3.11. The van der Waals surface area contributed by atoms with Crippen LogP contribution in [0.15, 0.2) is 23.1 Å². The molecule has 0 radical (unpaired) electrons. The molecule has 1 aromatic carbocycles. The van der Waals surface area contributed by atoms with Crippen molar-refractivity contribution in [1.82, 2.24) is 0 Å². The summed E-state index contributed by atoms with van der Waals surface area (Å²) in [6.45, 7) is 0.118. The summed E-state index contributed by atoms with van der Waals surface area (Å²) in [7, 11) is 2.54. The molecular weight excluding hydrogens is 282 g/mol. The highest BCUT2D eigenvalue weighted by molar-refractivity contribution is 8.13. The largest absolute Gasteiger partial charge is 0.372 e. The average Bonchev–Trinajstić information content (AvgIpc) is 2.28. The lowest BCUT2D eigenvalue weighted by molar-refractivity contribution is -0.385. The zero-order valence-electron chi connectivity index (χ0n) is 9.21. The van der Waals surface area contributed by atoms with E-state index in [9.17, 15) is 18.5 Å². The molecule has 0 aliphatic heterocycles. The molecule has 0 aromatic heterocycles. The van der Waals surface area contributed by atoms with Crippen molar-refractivity contribution in [2.75, 3.05) is 13.7 Å². The molecule has 1 rings (SSSR count). The fourth-order valence-corrected chi connectivity index (χ4v) is 1.89. The molecule has 0 aliphatic rings. The predicted molar refractivity (Wildman–Crippen MR) is 64.9 cm³/mol. The fourth-order valence-electron chi connectivity index (χ4n) is 1.12. The zero-order valence-corrected chi connectivity index (χ0v) is 10.8. The van der Waals surface area contributed by atoms with E-state index in [0.29, 0.717) is 0 Å². The maximum absolute atomic E-state index is 11.1. The molecule has 0 saturated heterocycles. The highest BCUT2D eigenvalue weighted by Crippen LogP contribution is 2.24. The summed E-state index contributed by atoms with van der Waals surface area (Å²) in [5.41, 5.74) is -0.318. The molecule has 0 saturated carbocycles. The van der Waals surface area contributed by atoms with E-state index in [-0.39, 0.29) is 17.1 Å². The first-order valence-electron chi connectivity index (χ1n) is 4.57. The Labute approximate surface area is 108 Å². The summed E-state index contributed by atoms with van der Waals surface area (Å²) < 4.78 is 26.8. The Hall–Kier alpha value is -1.62. The second-order valence-corrected chi connectivity index (χ2v) is 5.67. The van der Waals surface area contributed by atoms with Gasteiger partial charge in [-0.1, -0.05) is 11.8 Å². The van der Waals surface area contributed by atoms with Gasteiger partial charge in [-0.2, -0.15) is 0 Å². The molecule has 0 N–H and O–H groups in total. The number of nitrogens with zero attached hydrogens (tertiary/aromatic N) is 1. The lowest BCUT2D eigenvalue weighted by Crippen LogP contribution is -1.97. The summed E-state index contributed by atoms with van der Waals surface area (Å²) in [5, 5.41) is 10.8. The van der Waals surface area contributed by atoms with Gasteiger partial charge < -0.3 is 4.74 Å². The summed E-state index contributed by atoms with van der Waals surface area (Å²) >= 11 is 0. The first kappa shape index (κ1) is 14.4. The molecule has 96 valence electrons. The Morgan fingerprint density at radius 1 is 1.50 bits per heavy atom. The first-order chi connectivity index (χ1) is 8.36. The number of ether oxygens (including phenoxy) is 1. The van der Waals surface area contributed by atoms with E-state index in [4.69, 9.17) is 10.7 Å². The van der Waals surface area contributed by atoms with Crippen molar-refractivity contribution in [1.29, 1.82) is 0 Å². The van der Waals surface area contributed by atoms with Gasteiger partial charge in [0.15, 0.2) is 0 Å². The van der Waals surface area contributed by atoms with Crippen molar-refractivity contribution in [3.63, 3.8) is 0 Å². The van der Waals surface area contributed by atoms with E-state index in [0.717, 1.165) is 12.1 Å². The zero-order chi connectivity index (χ0) is 13.8. The lowest BCUT2D eigenvalue weighted by Gasteiger charge is -1.99. The number of nitro groups is 1. The number of halogens is 1. The highest BCUT2D eigenvalue weighted by Gasteiger charge is 2.18. The predicted octanol–water partition coefficient (Wildman–Crippen LogP) is 1.52. The minimum atomic E-state index is -4.01. The standard InChI is InChI=1S/C10H8ClNO5S/c1-17-6-2-3-8-4-5-9(18(11,15)16)7-10(8)12(13)14/h4-5,7H,6H2,1H3. The van der Waals surface area contributed by atoms with E-state index in [2.05, 4.69) is 16.6 Å². The molecule has 1 aromatic rings. The number of methoxy groups -OCH3 is 1. The van der Waals surface area contributed by atoms with Crippen LogP contribution in [0, 0.1) is 22.0 Å². The van der Waals surface area contributed by atoms with Gasteiger partial charge >= 0.3 is 0 Å². The molecule has 0 heterocycles. The third-order valence-corrected chi connectivity index (χ3v) is 3.24. The topological polar surface area (TPSA) is 86.5 Å². The summed E-state index contributed by atoms with van der Waals surface area (Å²) in [4.78, 5) is 9.74. The van der Waals surface area contributed by atoms with Gasteiger partial charge in [-0.3, -0.25) is 10.1 Å². The van der Waals surface area contributed by atoms with Crippen molar-refractivity contribution in [2.45, 2.75) is 4.90 Å². The minimum absolute atomic E-state index is 0.0983. The van der Waals surface area contributed by atoms with Crippen LogP contribution in [0.2, 0.25) is 0 Å². The first-order valence-corrected chi connectivity index (χ1v) is 6.88. The van der Waals surface area contributed by atoms with Crippen LogP contribution in [0.3, 0.4) is 0 Å². The van der Waals surface area contributed by atoms with E-state index < -0.39 is 19.7 Å². The lowest BCUT2D eigenvalue weighted by atomic mass is 10.2. The molecule has 8 heteroatoms. The van der Waals surface area contributed by atoms with E-state index in [1.54, 1.807) is 0 Å². The van der Waals surface area contributed by atoms with Crippen molar-refractivity contribution in [3.05, 3.63) is 33.9 Å². The van der Waals surface area contributed by atoms with Crippen LogP contribution >= 0.6 is 10.7 Å². The second kappa shape index (κ2) is 5.82. The third-order valence-electron chi connectivity index (χ3n) is 1.89. The van der Waals surface area contributed by atoms with Gasteiger partial charge in [-0.25, -0.2) is 8.42 Å². The Morgan fingerprint density at radius 3 is 2.67 bits per heavy atom. The van der Waals surface area contributed by atoms with Gasteiger partial charge in [0.25, 0.3) is 14.7 Å². The van der Waals surface area contributed by atoms with Gasteiger partial charge in [-0.05, 0) is 12.1 Å². The third kappa shape index (κ3) is 3.70. The van der Waals surface area contributed by atoms with Crippen molar-refractivity contribution < 1.29 is 18.1 Å². The molecule has 0 spiro atoms. The molecule has 0 amide bonds. The molecule has 0 atom stereocenters. The summed E-state index contributed by atoms with van der Waals surface area (Å²) in [6, 6.07) is 3.27. The van der Waals surface area contributed by atoms with Crippen molar-refractivity contribution in [2.24, 2.45) is 0 Å². The van der Waals surface area contributed by atoms with E-state index in [1.165, 1.54) is 13.2 Å². The van der Waals surface area contributed by atoms with Gasteiger partial charge in [0.05, 0.1) is 9.82 Å². The summed E-state index contributed by atoms with van der Waals surface area (Å²) in [5.74, 6) is 5.07. The van der Waals surface area contributed by atoms with Gasteiger partial charge in [0.2, 0.25) is 0 Å². The van der Waals surface area contributed by atoms with Crippen LogP contribution in [-0.4, -0.2) is 27.1 Å². The monoisotopic (exact) mass is 289 g/mol. The van der Waals surface area contributed by atoms with Gasteiger partial charge in [0.1, 0.15) is 12.2 Å². The van der Waals surface area contributed by atoms with Crippen LogP contribution < -0.4 is 0 Å². The number of hydrogen-bond acceptors (Lipinski definition) is 5. The number of hydrogen-bond donors (Lipinski definition) is 0. The average molecular weight is 290 g/mol. The molecule has 0 bridgehead atoms. The molecule has 0 unspecified atom stereocenters. The Bertz CT molecular complexity index is 629. The van der Waals surface area contributed by atoms with Crippen LogP contribution in [0.4, 0.5) is 5.69 Å². The normalized spacial score (nSPS) is 10.6. The summed E-state index contributed by atoms with van der Waals surface area (Å²) in [6.07, 6.45) is 0. The molecule has 0 aliphatic carbocycles. The quantitative estimate of drug-likeness (QED) is 0.364. The Morgan fingerprint density at radius 2 is 2.17 bits per heavy atom. The molecule has 6 nitrogen and oxygen atoms in total. The van der Waals surface area contributed by atoms with Crippen LogP contribution in [0.5, 0.6) is 0 Å². The van der Waals surface area contributed by atoms with Crippen molar-refractivity contribution in [3.8, 4) is 11.8 Å². The van der Waals surface area contributed by atoms with Crippen LogP contribution in [-0.2, 0) is 13.8 Å². The van der Waals surface area contributed by atoms with E-state index in [1.807, 2.05) is 0 Å². The van der Waals surface area contributed by atoms with Crippen LogP contribution in [0.1, 0.15) is 5.56 Å². The maximum Gasteiger partial charge on any atom is 0.286 e. The smallest absolute Gasteiger partial charge is 0.286 e. The number of benzene rings is 1. The number of nitro benzene ring substituents is 1. The fraction of sp³-hybridized carbons (Fsp3) is 0.200. The Balaban J connectivity index is 3.31. The molecular formula is C10H8ClNO5S. The maximum atomic E-state index is 11.1. The number of rotatable bonds is 3. The van der Waals surface area contributed by atoms with Gasteiger partial charge in [0, 0.05) is 23.9 Å². The highest BCUT2D eigenvalue weighted by atomic mass is 35.7. The minimum Gasteiger partial charge on any atom is -0.372 e. The molecule has 0 fully saturated rings. The van der Waals surface area contributed by atoms with Crippen LogP contribution in [0.25, 0.3) is 0 Å².